The van der Waals surface area contributed by atoms with Gasteiger partial charge in [0.2, 0.25) is 5.91 Å². The Hall–Kier alpha value is -3.34. The molecule has 0 spiro atoms. The standard InChI is InChI=1S/C25H26N2O3/c1-18(20-8-9-22-17-23(30-2)11-10-21(22)16-20)24(28)26-12-14-27(15-13-26)25(29)19-6-4-3-5-7-19/h3-11,16-18H,12-15H2,1-2H3/t18-/m0/s1. The average molecular weight is 402 g/mol. The van der Waals surface area contributed by atoms with Crippen molar-refractivity contribution in [2.24, 2.45) is 0 Å². The van der Waals surface area contributed by atoms with Gasteiger partial charge in [0.25, 0.3) is 5.91 Å². The van der Waals surface area contributed by atoms with Crippen LogP contribution in [0.4, 0.5) is 0 Å². The topological polar surface area (TPSA) is 49.9 Å². The molecule has 0 N–H and O–H groups in total. The second-order valence-electron chi connectivity index (χ2n) is 7.68. The second kappa shape index (κ2) is 8.57. The van der Waals surface area contributed by atoms with E-state index >= 15 is 0 Å². The Kier molecular flexibility index (Phi) is 5.70. The fraction of sp³-hybridized carbons (Fsp3) is 0.280. The number of piperazine rings is 1. The van der Waals surface area contributed by atoms with E-state index in [0.29, 0.717) is 31.7 Å². The van der Waals surface area contributed by atoms with Gasteiger partial charge in [-0.3, -0.25) is 9.59 Å². The van der Waals surface area contributed by atoms with Crippen LogP contribution in [-0.4, -0.2) is 54.9 Å². The number of fused-ring (bicyclic) bond motifs is 1. The second-order valence-corrected chi connectivity index (χ2v) is 7.68. The van der Waals surface area contributed by atoms with Gasteiger partial charge in [0, 0.05) is 31.7 Å². The molecule has 5 nitrogen and oxygen atoms in total. The summed E-state index contributed by atoms with van der Waals surface area (Å²) in [4.78, 5) is 29.4. The molecule has 3 aromatic carbocycles. The number of carbonyl (C=O) groups excluding carboxylic acids is 2. The van der Waals surface area contributed by atoms with Crippen LogP contribution in [0.1, 0.15) is 28.8 Å². The van der Waals surface area contributed by atoms with E-state index in [0.717, 1.165) is 22.1 Å². The highest BCUT2D eigenvalue weighted by atomic mass is 16.5. The molecular formula is C25H26N2O3. The van der Waals surface area contributed by atoms with Crippen LogP contribution in [0.2, 0.25) is 0 Å². The van der Waals surface area contributed by atoms with E-state index < -0.39 is 0 Å². The normalized spacial score (nSPS) is 15.1. The Morgan fingerprint density at radius 3 is 2.17 bits per heavy atom. The maximum absolute atomic E-state index is 13.1. The lowest BCUT2D eigenvalue weighted by molar-refractivity contribution is -0.133. The molecule has 0 unspecified atom stereocenters. The van der Waals surface area contributed by atoms with E-state index in [1.54, 1.807) is 7.11 Å². The summed E-state index contributed by atoms with van der Waals surface area (Å²) in [6, 6.07) is 21.4. The quantitative estimate of drug-likeness (QED) is 0.664. The summed E-state index contributed by atoms with van der Waals surface area (Å²) in [7, 11) is 1.66. The molecule has 3 aromatic rings. The van der Waals surface area contributed by atoms with Crippen molar-refractivity contribution in [1.29, 1.82) is 0 Å². The average Bonchev–Trinajstić information content (AvgIpc) is 2.82. The largest absolute Gasteiger partial charge is 0.497 e. The van der Waals surface area contributed by atoms with Crippen LogP contribution in [0, 0.1) is 0 Å². The molecule has 0 aromatic heterocycles. The lowest BCUT2D eigenvalue weighted by Crippen LogP contribution is -2.51. The van der Waals surface area contributed by atoms with E-state index in [2.05, 4.69) is 6.07 Å². The van der Waals surface area contributed by atoms with E-state index in [1.807, 2.05) is 77.4 Å². The van der Waals surface area contributed by atoms with Gasteiger partial charge in [-0.25, -0.2) is 0 Å². The van der Waals surface area contributed by atoms with Crippen LogP contribution in [0.3, 0.4) is 0 Å². The molecule has 0 aliphatic carbocycles. The molecule has 1 saturated heterocycles. The summed E-state index contributed by atoms with van der Waals surface area (Å²) in [5.41, 5.74) is 1.69. The Labute approximate surface area is 176 Å². The first-order valence-electron chi connectivity index (χ1n) is 10.3. The molecule has 30 heavy (non-hydrogen) atoms. The number of hydrogen-bond donors (Lipinski definition) is 0. The van der Waals surface area contributed by atoms with Crippen molar-refractivity contribution in [1.82, 2.24) is 9.80 Å². The van der Waals surface area contributed by atoms with Crippen LogP contribution in [0.5, 0.6) is 5.75 Å². The molecular weight excluding hydrogens is 376 g/mol. The minimum absolute atomic E-state index is 0.0284. The fourth-order valence-electron chi connectivity index (χ4n) is 3.95. The SMILES string of the molecule is COc1ccc2cc([C@H](C)C(=O)N3CCN(C(=O)c4ccccc4)CC3)ccc2c1. The van der Waals surface area contributed by atoms with Gasteiger partial charge in [0.1, 0.15) is 5.75 Å². The van der Waals surface area contributed by atoms with Crippen LogP contribution in [0.25, 0.3) is 10.8 Å². The number of amides is 2. The highest BCUT2D eigenvalue weighted by Gasteiger charge is 2.28. The number of methoxy groups -OCH3 is 1. The number of hydrogen-bond acceptors (Lipinski definition) is 3. The molecule has 1 aliphatic rings. The van der Waals surface area contributed by atoms with Crippen LogP contribution >= 0.6 is 0 Å². The fourth-order valence-corrected chi connectivity index (χ4v) is 3.95. The van der Waals surface area contributed by atoms with E-state index in [9.17, 15) is 9.59 Å². The predicted octanol–water partition coefficient (Wildman–Crippen LogP) is 3.94. The van der Waals surface area contributed by atoms with Gasteiger partial charge in [0.15, 0.2) is 0 Å². The maximum Gasteiger partial charge on any atom is 0.253 e. The third-order valence-corrected chi connectivity index (χ3v) is 5.84. The molecule has 1 fully saturated rings. The van der Waals surface area contributed by atoms with Crippen molar-refractivity contribution in [3.8, 4) is 5.75 Å². The zero-order chi connectivity index (χ0) is 21.1. The van der Waals surface area contributed by atoms with Crippen molar-refractivity contribution in [3.63, 3.8) is 0 Å². The Balaban J connectivity index is 1.41. The smallest absolute Gasteiger partial charge is 0.253 e. The van der Waals surface area contributed by atoms with E-state index in [-0.39, 0.29) is 17.7 Å². The monoisotopic (exact) mass is 402 g/mol. The van der Waals surface area contributed by atoms with Gasteiger partial charge >= 0.3 is 0 Å². The van der Waals surface area contributed by atoms with Gasteiger partial charge in [-0.1, -0.05) is 42.5 Å². The summed E-state index contributed by atoms with van der Waals surface area (Å²) in [6.45, 7) is 4.20. The van der Waals surface area contributed by atoms with Crippen molar-refractivity contribution in [3.05, 3.63) is 77.9 Å². The Bertz CT molecular complexity index is 1060. The lowest BCUT2D eigenvalue weighted by atomic mass is 9.96. The number of nitrogens with zero attached hydrogens (tertiary/aromatic N) is 2. The van der Waals surface area contributed by atoms with Crippen molar-refractivity contribution in [2.45, 2.75) is 12.8 Å². The number of benzene rings is 3. The molecule has 1 atom stereocenters. The minimum Gasteiger partial charge on any atom is -0.497 e. The summed E-state index contributed by atoms with van der Waals surface area (Å²) in [6.07, 6.45) is 0. The molecule has 1 aliphatic heterocycles. The lowest BCUT2D eigenvalue weighted by Gasteiger charge is -2.36. The molecule has 0 bridgehead atoms. The first kappa shape index (κ1) is 20.0. The molecule has 154 valence electrons. The zero-order valence-electron chi connectivity index (χ0n) is 17.4. The summed E-state index contributed by atoms with van der Waals surface area (Å²) in [5.74, 6) is 0.727. The number of carbonyl (C=O) groups is 2. The zero-order valence-corrected chi connectivity index (χ0v) is 17.4. The van der Waals surface area contributed by atoms with E-state index in [1.165, 1.54) is 0 Å². The highest BCUT2D eigenvalue weighted by Crippen LogP contribution is 2.26. The molecule has 0 radical (unpaired) electrons. The summed E-state index contributed by atoms with van der Waals surface area (Å²) < 4.78 is 5.28. The highest BCUT2D eigenvalue weighted by molar-refractivity contribution is 5.94. The van der Waals surface area contributed by atoms with Crippen molar-refractivity contribution >= 4 is 22.6 Å². The molecule has 1 heterocycles. The van der Waals surface area contributed by atoms with Gasteiger partial charge in [-0.15, -0.1) is 0 Å². The number of rotatable bonds is 4. The van der Waals surface area contributed by atoms with Gasteiger partial charge in [-0.2, -0.15) is 0 Å². The summed E-state index contributed by atoms with van der Waals surface area (Å²) >= 11 is 0. The Morgan fingerprint density at radius 1 is 0.833 bits per heavy atom. The first-order valence-corrected chi connectivity index (χ1v) is 10.3. The van der Waals surface area contributed by atoms with Crippen molar-refractivity contribution in [2.75, 3.05) is 33.3 Å². The first-order chi connectivity index (χ1) is 14.6. The third kappa shape index (κ3) is 4.01. The molecule has 5 heteroatoms. The Morgan fingerprint density at radius 2 is 1.47 bits per heavy atom. The molecule has 2 amide bonds. The minimum atomic E-state index is -0.229. The molecule has 0 saturated carbocycles. The van der Waals surface area contributed by atoms with Gasteiger partial charge in [0.05, 0.1) is 13.0 Å². The third-order valence-electron chi connectivity index (χ3n) is 5.84. The van der Waals surface area contributed by atoms with Gasteiger partial charge < -0.3 is 14.5 Å². The summed E-state index contributed by atoms with van der Waals surface area (Å²) in [5, 5.41) is 2.18. The van der Waals surface area contributed by atoms with Crippen LogP contribution < -0.4 is 4.74 Å². The van der Waals surface area contributed by atoms with Crippen LogP contribution in [-0.2, 0) is 4.79 Å². The van der Waals surface area contributed by atoms with Gasteiger partial charge in [-0.05, 0) is 47.5 Å². The van der Waals surface area contributed by atoms with Crippen LogP contribution in [0.15, 0.2) is 66.7 Å². The molecule has 4 rings (SSSR count). The van der Waals surface area contributed by atoms with Crippen molar-refractivity contribution < 1.29 is 14.3 Å². The number of ether oxygens (including phenoxy) is 1. The predicted molar refractivity (Wildman–Crippen MR) is 118 cm³/mol. The maximum atomic E-state index is 13.1. The van der Waals surface area contributed by atoms with E-state index in [4.69, 9.17) is 4.74 Å².